The third kappa shape index (κ3) is 8.27. The van der Waals surface area contributed by atoms with Crippen LogP contribution >= 0.6 is 68.0 Å². The molecule has 4 rings (SSSR count). The summed E-state index contributed by atoms with van der Waals surface area (Å²) in [5.41, 5.74) is 7.29. The van der Waals surface area contributed by atoms with Gasteiger partial charge in [0.05, 0.1) is 43.6 Å². The van der Waals surface area contributed by atoms with Crippen LogP contribution in [0.4, 0.5) is 0 Å². The van der Waals surface area contributed by atoms with Gasteiger partial charge in [0.25, 0.3) is 11.8 Å². The van der Waals surface area contributed by atoms with Crippen molar-refractivity contribution in [3.63, 3.8) is 0 Å². The highest BCUT2D eigenvalue weighted by atomic mass is 35.5. The van der Waals surface area contributed by atoms with Gasteiger partial charge in [0.15, 0.2) is 0 Å². The van der Waals surface area contributed by atoms with E-state index in [4.69, 9.17) is 46.4 Å². The smallest absolute Gasteiger partial charge is 0.267 e. The molecule has 6 nitrogen and oxygen atoms in total. The highest BCUT2D eigenvalue weighted by molar-refractivity contribution is 8.76. The fourth-order valence-electron chi connectivity index (χ4n) is 3.18. The minimum atomic E-state index is -0.386. The van der Waals surface area contributed by atoms with Crippen molar-refractivity contribution in [1.82, 2.24) is 10.9 Å². The minimum Gasteiger partial charge on any atom is -0.267 e. The lowest BCUT2D eigenvalue weighted by Gasteiger charge is -2.10. The van der Waals surface area contributed by atoms with E-state index in [1.54, 1.807) is 60.7 Å². The number of carbonyl (C=O) groups excluding carboxylic acids is 2. The van der Waals surface area contributed by atoms with Gasteiger partial charge in [-0.2, -0.15) is 10.2 Å². The zero-order valence-corrected chi connectivity index (χ0v) is 24.9. The Morgan fingerprint density at radius 2 is 0.975 bits per heavy atom. The van der Waals surface area contributed by atoms with Crippen LogP contribution in [0.15, 0.2) is 105 Å². The topological polar surface area (TPSA) is 82.9 Å². The SMILES string of the molecule is O=C(N/N=C/c1ccc(Cl)c(Cl)c1)c1ccccc1SSc1ccccc1C(=O)N/N=C/c1ccc(Cl)c(Cl)c1. The molecule has 0 spiro atoms. The third-order valence-corrected chi connectivity index (χ3v) is 9.09. The molecule has 0 aliphatic heterocycles. The molecule has 40 heavy (non-hydrogen) atoms. The van der Waals surface area contributed by atoms with E-state index in [2.05, 4.69) is 21.1 Å². The van der Waals surface area contributed by atoms with Crippen LogP contribution in [0.3, 0.4) is 0 Å². The monoisotopic (exact) mass is 646 g/mol. The van der Waals surface area contributed by atoms with E-state index >= 15 is 0 Å². The Bertz CT molecular complexity index is 1500. The number of hydrazone groups is 2. The zero-order chi connectivity index (χ0) is 28.5. The molecule has 0 saturated carbocycles. The second kappa shape index (κ2) is 14.6. The van der Waals surface area contributed by atoms with Gasteiger partial charge in [-0.15, -0.1) is 0 Å². The van der Waals surface area contributed by atoms with Crippen LogP contribution in [-0.2, 0) is 0 Å². The number of benzene rings is 4. The first kappa shape index (κ1) is 30.0. The fourth-order valence-corrected chi connectivity index (χ4v) is 6.15. The molecule has 0 aliphatic carbocycles. The van der Waals surface area contributed by atoms with E-state index in [0.717, 1.165) is 0 Å². The van der Waals surface area contributed by atoms with Gasteiger partial charge in [-0.1, -0.05) is 104 Å². The van der Waals surface area contributed by atoms with Gasteiger partial charge in [-0.25, -0.2) is 10.9 Å². The van der Waals surface area contributed by atoms with Crippen molar-refractivity contribution < 1.29 is 9.59 Å². The predicted octanol–water partition coefficient (Wildman–Crippen LogP) is 8.63. The van der Waals surface area contributed by atoms with E-state index < -0.39 is 0 Å². The molecule has 202 valence electrons. The van der Waals surface area contributed by atoms with Gasteiger partial charge in [0.1, 0.15) is 0 Å². The normalized spacial score (nSPS) is 11.2. The summed E-state index contributed by atoms with van der Waals surface area (Å²) in [5.74, 6) is -0.773. The Morgan fingerprint density at radius 3 is 1.38 bits per heavy atom. The van der Waals surface area contributed by atoms with Crippen molar-refractivity contribution in [3.8, 4) is 0 Å². The maximum absolute atomic E-state index is 12.8. The number of nitrogens with one attached hydrogen (secondary N) is 2. The van der Waals surface area contributed by atoms with Crippen molar-refractivity contribution >= 4 is 92.2 Å². The molecule has 2 amide bonds. The van der Waals surface area contributed by atoms with Crippen LogP contribution < -0.4 is 10.9 Å². The number of hydrogen-bond acceptors (Lipinski definition) is 6. The molecule has 0 heterocycles. The average molecular weight is 648 g/mol. The average Bonchev–Trinajstić information content (AvgIpc) is 2.96. The molecule has 0 aromatic heterocycles. The minimum absolute atomic E-state index is 0.386. The molecule has 12 heteroatoms. The first-order chi connectivity index (χ1) is 19.3. The van der Waals surface area contributed by atoms with Gasteiger partial charge in [-0.3, -0.25) is 9.59 Å². The molecule has 0 unspecified atom stereocenters. The first-order valence-electron chi connectivity index (χ1n) is 11.4. The van der Waals surface area contributed by atoms with Crippen LogP contribution in [0.1, 0.15) is 31.8 Å². The summed E-state index contributed by atoms with van der Waals surface area (Å²) in [5, 5.41) is 9.69. The molecule has 0 bridgehead atoms. The van der Waals surface area contributed by atoms with E-state index in [9.17, 15) is 9.59 Å². The van der Waals surface area contributed by atoms with Gasteiger partial charge in [0.2, 0.25) is 0 Å². The second-order valence-corrected chi connectivity index (χ2v) is 11.7. The van der Waals surface area contributed by atoms with Crippen LogP contribution in [0.5, 0.6) is 0 Å². The van der Waals surface area contributed by atoms with Crippen LogP contribution in [0.2, 0.25) is 20.1 Å². The van der Waals surface area contributed by atoms with Crippen molar-refractivity contribution in [2.75, 3.05) is 0 Å². The van der Waals surface area contributed by atoms with Gasteiger partial charge in [0, 0.05) is 9.79 Å². The summed E-state index contributed by atoms with van der Waals surface area (Å²) in [6.45, 7) is 0. The summed E-state index contributed by atoms with van der Waals surface area (Å²) in [6, 6.07) is 24.3. The predicted molar refractivity (Wildman–Crippen MR) is 168 cm³/mol. The third-order valence-electron chi connectivity index (χ3n) is 5.13. The summed E-state index contributed by atoms with van der Waals surface area (Å²) >= 11 is 23.9. The number of amides is 2. The quantitative estimate of drug-likeness (QED) is 0.108. The molecule has 0 fully saturated rings. The molecule has 0 aliphatic rings. The van der Waals surface area contributed by atoms with Gasteiger partial charge < -0.3 is 0 Å². The second-order valence-electron chi connectivity index (χ2n) is 7.90. The number of halogens is 4. The summed E-state index contributed by atoms with van der Waals surface area (Å²) in [4.78, 5) is 27.1. The lowest BCUT2D eigenvalue weighted by atomic mass is 10.2. The van der Waals surface area contributed by atoms with Crippen molar-refractivity contribution in [3.05, 3.63) is 127 Å². The van der Waals surface area contributed by atoms with Crippen molar-refractivity contribution in [2.24, 2.45) is 10.2 Å². The molecule has 2 N–H and O–H groups in total. The Morgan fingerprint density at radius 1 is 0.575 bits per heavy atom. The molecule has 0 radical (unpaired) electrons. The van der Waals surface area contributed by atoms with E-state index in [1.807, 2.05) is 24.3 Å². The Labute approximate surface area is 258 Å². The molecule has 0 saturated heterocycles. The van der Waals surface area contributed by atoms with Gasteiger partial charge >= 0.3 is 0 Å². The molecular weight excluding hydrogens is 630 g/mol. The summed E-state index contributed by atoms with van der Waals surface area (Å²) < 4.78 is 0. The summed E-state index contributed by atoms with van der Waals surface area (Å²) in [7, 11) is 2.69. The van der Waals surface area contributed by atoms with Gasteiger partial charge in [-0.05, 0) is 59.7 Å². The number of hydrogen-bond donors (Lipinski definition) is 2. The van der Waals surface area contributed by atoms with E-state index in [0.29, 0.717) is 52.1 Å². The fraction of sp³-hybridized carbons (Fsp3) is 0. The standard InChI is InChI=1S/C28H18Cl4N4O2S2/c29-21-11-9-17(13-23(21)31)15-33-35-27(37)19-5-1-3-7-25(19)39-40-26-8-4-2-6-20(26)28(38)36-34-16-18-10-12-22(30)24(32)14-18/h1-16H,(H,35,37)(H,36,38)/b33-15+,34-16+. The van der Waals surface area contributed by atoms with Crippen LogP contribution in [-0.4, -0.2) is 24.2 Å². The largest absolute Gasteiger partial charge is 0.272 e. The van der Waals surface area contributed by atoms with Crippen LogP contribution in [0, 0.1) is 0 Å². The lowest BCUT2D eigenvalue weighted by molar-refractivity contribution is 0.0944. The molecule has 4 aromatic carbocycles. The highest BCUT2D eigenvalue weighted by Crippen LogP contribution is 2.40. The highest BCUT2D eigenvalue weighted by Gasteiger charge is 2.15. The molecular formula is C28H18Cl4N4O2S2. The van der Waals surface area contributed by atoms with Crippen molar-refractivity contribution in [2.45, 2.75) is 9.79 Å². The molecule has 4 aromatic rings. The number of rotatable bonds is 9. The van der Waals surface area contributed by atoms with E-state index in [-0.39, 0.29) is 11.8 Å². The maximum atomic E-state index is 12.8. The van der Waals surface area contributed by atoms with Crippen LogP contribution in [0.25, 0.3) is 0 Å². The Kier molecular flexibility index (Phi) is 10.9. The Hall–Kier alpha value is -2.98. The van der Waals surface area contributed by atoms with Crippen molar-refractivity contribution in [1.29, 1.82) is 0 Å². The molecule has 0 atom stereocenters. The zero-order valence-electron chi connectivity index (χ0n) is 20.3. The lowest BCUT2D eigenvalue weighted by Crippen LogP contribution is -2.18. The Balaban J connectivity index is 1.40. The number of nitrogens with zero attached hydrogens (tertiary/aromatic N) is 2. The maximum Gasteiger partial charge on any atom is 0.272 e. The number of carbonyl (C=O) groups is 2. The first-order valence-corrected chi connectivity index (χ1v) is 15.1. The summed E-state index contributed by atoms with van der Waals surface area (Å²) in [6.07, 6.45) is 2.95. The van der Waals surface area contributed by atoms with E-state index in [1.165, 1.54) is 34.0 Å².